The molecule has 4 rings (SSSR count). The summed E-state index contributed by atoms with van der Waals surface area (Å²) in [6, 6.07) is 13.1. The van der Waals surface area contributed by atoms with Crippen LogP contribution in [0.5, 0.6) is 5.75 Å². The van der Waals surface area contributed by atoms with Gasteiger partial charge in [-0.1, -0.05) is 26.0 Å². The lowest BCUT2D eigenvalue weighted by atomic mass is 10.1. The molecule has 1 N–H and O–H groups in total. The number of fused-ring (bicyclic) bond motifs is 1. The number of anilines is 1. The predicted octanol–water partition coefficient (Wildman–Crippen LogP) is 4.46. The van der Waals surface area contributed by atoms with Gasteiger partial charge in [0.05, 0.1) is 30.6 Å². The summed E-state index contributed by atoms with van der Waals surface area (Å²) in [5, 5.41) is 3.05. The van der Waals surface area contributed by atoms with Crippen LogP contribution in [-0.4, -0.2) is 35.1 Å². The molecule has 0 radical (unpaired) electrons. The Kier molecular flexibility index (Phi) is 6.58. The van der Waals surface area contributed by atoms with Gasteiger partial charge in [-0.15, -0.1) is 0 Å². The molecular weight excluding hydrogens is 418 g/mol. The highest BCUT2D eigenvalue weighted by atomic mass is 16.5. The molecule has 0 saturated carbocycles. The van der Waals surface area contributed by atoms with Crippen molar-refractivity contribution in [2.75, 3.05) is 11.4 Å². The molecule has 7 heteroatoms. The first-order valence-electron chi connectivity index (χ1n) is 11.5. The van der Waals surface area contributed by atoms with Crippen molar-refractivity contribution in [3.8, 4) is 5.75 Å². The SMILES string of the molecule is CCC(CC)NC(=O)C1CN(C(=O)c2cc(C)n(Cc3ccco3)c2C)c2ccccc2O1. The number of para-hydroxylation sites is 2. The third kappa shape index (κ3) is 4.53. The summed E-state index contributed by atoms with van der Waals surface area (Å²) in [6.45, 7) is 8.71. The summed E-state index contributed by atoms with van der Waals surface area (Å²) in [5.41, 5.74) is 3.10. The Labute approximate surface area is 194 Å². The number of nitrogens with one attached hydrogen (secondary N) is 1. The Bertz CT molecular complexity index is 1130. The van der Waals surface area contributed by atoms with E-state index in [4.69, 9.17) is 9.15 Å². The van der Waals surface area contributed by atoms with Gasteiger partial charge in [-0.2, -0.15) is 0 Å². The normalized spacial score (nSPS) is 15.3. The number of nitrogens with zero attached hydrogens (tertiary/aromatic N) is 2. The quantitative estimate of drug-likeness (QED) is 0.578. The van der Waals surface area contributed by atoms with Crippen molar-refractivity contribution in [3.63, 3.8) is 0 Å². The van der Waals surface area contributed by atoms with Gasteiger partial charge in [-0.3, -0.25) is 9.59 Å². The number of hydrogen-bond acceptors (Lipinski definition) is 4. The van der Waals surface area contributed by atoms with E-state index in [0.717, 1.165) is 30.0 Å². The third-order valence-electron chi connectivity index (χ3n) is 6.34. The number of hydrogen-bond donors (Lipinski definition) is 1. The van der Waals surface area contributed by atoms with Gasteiger partial charge in [0.25, 0.3) is 11.8 Å². The molecule has 33 heavy (non-hydrogen) atoms. The van der Waals surface area contributed by atoms with Gasteiger partial charge in [0.15, 0.2) is 6.10 Å². The standard InChI is InChI=1S/C26H31N3O4/c1-5-19(6-2)27-25(30)24-16-29(22-11-7-8-12-23(22)33-24)26(31)21-14-17(3)28(18(21)4)15-20-10-9-13-32-20/h7-14,19,24H,5-6,15-16H2,1-4H3,(H,27,30). The average molecular weight is 450 g/mol. The van der Waals surface area contributed by atoms with Crippen LogP contribution < -0.4 is 15.0 Å². The molecule has 1 atom stereocenters. The Morgan fingerprint density at radius 2 is 1.88 bits per heavy atom. The molecule has 3 aromatic rings. The number of aromatic nitrogens is 1. The van der Waals surface area contributed by atoms with Crippen LogP contribution in [0.3, 0.4) is 0 Å². The van der Waals surface area contributed by atoms with E-state index >= 15 is 0 Å². The number of amides is 2. The Balaban J connectivity index is 1.63. The summed E-state index contributed by atoms with van der Waals surface area (Å²) in [7, 11) is 0. The van der Waals surface area contributed by atoms with E-state index in [1.165, 1.54) is 0 Å². The summed E-state index contributed by atoms with van der Waals surface area (Å²) in [5.74, 6) is 1.01. The monoisotopic (exact) mass is 449 g/mol. The van der Waals surface area contributed by atoms with Gasteiger partial charge in [0.1, 0.15) is 11.5 Å². The largest absolute Gasteiger partial charge is 0.477 e. The van der Waals surface area contributed by atoms with Crippen LogP contribution in [-0.2, 0) is 11.3 Å². The fourth-order valence-corrected chi connectivity index (χ4v) is 4.31. The van der Waals surface area contributed by atoms with E-state index < -0.39 is 6.10 Å². The van der Waals surface area contributed by atoms with Gasteiger partial charge < -0.3 is 23.9 Å². The van der Waals surface area contributed by atoms with Gasteiger partial charge >= 0.3 is 0 Å². The van der Waals surface area contributed by atoms with Crippen LogP contribution in [0, 0.1) is 13.8 Å². The molecule has 2 amide bonds. The number of rotatable bonds is 7. The number of aryl methyl sites for hydroxylation is 1. The fourth-order valence-electron chi connectivity index (χ4n) is 4.31. The van der Waals surface area contributed by atoms with Gasteiger partial charge in [0, 0.05) is 17.4 Å². The van der Waals surface area contributed by atoms with E-state index in [-0.39, 0.29) is 24.4 Å². The lowest BCUT2D eigenvalue weighted by Crippen LogP contribution is -2.52. The van der Waals surface area contributed by atoms with E-state index in [9.17, 15) is 9.59 Å². The summed E-state index contributed by atoms with van der Waals surface area (Å²) in [4.78, 5) is 28.4. The van der Waals surface area contributed by atoms with E-state index in [1.54, 1.807) is 17.2 Å². The molecule has 0 aliphatic carbocycles. The zero-order valence-electron chi connectivity index (χ0n) is 19.6. The topological polar surface area (TPSA) is 76.7 Å². The Morgan fingerprint density at radius 3 is 2.58 bits per heavy atom. The first-order valence-corrected chi connectivity index (χ1v) is 11.5. The summed E-state index contributed by atoms with van der Waals surface area (Å²) >= 11 is 0. The smallest absolute Gasteiger partial charge is 0.263 e. The molecule has 0 spiro atoms. The maximum atomic E-state index is 13.8. The molecule has 2 aromatic heterocycles. The van der Waals surface area contributed by atoms with E-state index in [0.29, 0.717) is 23.5 Å². The van der Waals surface area contributed by atoms with Crippen LogP contribution in [0.2, 0.25) is 0 Å². The number of carbonyl (C=O) groups is 2. The zero-order valence-corrected chi connectivity index (χ0v) is 19.6. The second-order valence-corrected chi connectivity index (χ2v) is 8.46. The molecule has 1 aromatic carbocycles. The third-order valence-corrected chi connectivity index (χ3v) is 6.34. The van der Waals surface area contributed by atoms with Crippen LogP contribution >= 0.6 is 0 Å². The second-order valence-electron chi connectivity index (χ2n) is 8.46. The van der Waals surface area contributed by atoms with Crippen molar-refractivity contribution in [2.24, 2.45) is 0 Å². The van der Waals surface area contributed by atoms with E-state index in [1.807, 2.05) is 64.1 Å². The average Bonchev–Trinajstić information content (AvgIpc) is 3.45. The highest BCUT2D eigenvalue weighted by molar-refractivity contribution is 6.08. The van der Waals surface area contributed by atoms with Crippen LogP contribution in [0.4, 0.5) is 5.69 Å². The Hall–Kier alpha value is -3.48. The first kappa shape index (κ1) is 22.7. The van der Waals surface area contributed by atoms with Crippen molar-refractivity contribution in [3.05, 3.63) is 71.4 Å². The molecule has 1 unspecified atom stereocenters. The van der Waals surface area contributed by atoms with Gasteiger partial charge in [-0.25, -0.2) is 0 Å². The highest BCUT2D eigenvalue weighted by Gasteiger charge is 2.35. The van der Waals surface area contributed by atoms with Crippen molar-refractivity contribution >= 4 is 17.5 Å². The number of ether oxygens (including phenoxy) is 1. The molecule has 3 heterocycles. The molecule has 174 valence electrons. The summed E-state index contributed by atoms with van der Waals surface area (Å²) in [6.07, 6.45) is 2.56. The molecule has 7 nitrogen and oxygen atoms in total. The minimum absolute atomic E-state index is 0.0861. The zero-order chi connectivity index (χ0) is 23.5. The fraction of sp³-hybridized carbons (Fsp3) is 0.385. The molecular formula is C26H31N3O4. The predicted molar refractivity (Wildman–Crippen MR) is 127 cm³/mol. The van der Waals surface area contributed by atoms with Crippen LogP contribution in [0.25, 0.3) is 0 Å². The maximum Gasteiger partial charge on any atom is 0.263 e. The van der Waals surface area contributed by atoms with Crippen LogP contribution in [0.15, 0.2) is 53.1 Å². The minimum Gasteiger partial charge on any atom is -0.477 e. The molecule has 0 fully saturated rings. The van der Waals surface area contributed by atoms with Crippen molar-refractivity contribution in [1.82, 2.24) is 9.88 Å². The molecule has 0 saturated heterocycles. The molecule has 0 bridgehead atoms. The Morgan fingerprint density at radius 1 is 1.12 bits per heavy atom. The van der Waals surface area contributed by atoms with Crippen molar-refractivity contribution < 1.29 is 18.7 Å². The molecule has 1 aliphatic heterocycles. The van der Waals surface area contributed by atoms with Crippen molar-refractivity contribution in [2.45, 2.75) is 59.2 Å². The highest BCUT2D eigenvalue weighted by Crippen LogP contribution is 2.35. The first-order chi connectivity index (χ1) is 15.9. The summed E-state index contributed by atoms with van der Waals surface area (Å²) < 4.78 is 13.6. The van der Waals surface area contributed by atoms with Gasteiger partial charge in [-0.05, 0) is 57.0 Å². The molecule has 1 aliphatic rings. The van der Waals surface area contributed by atoms with Crippen LogP contribution in [0.1, 0.15) is 54.2 Å². The maximum absolute atomic E-state index is 13.8. The minimum atomic E-state index is -0.768. The van der Waals surface area contributed by atoms with E-state index in [2.05, 4.69) is 9.88 Å². The van der Waals surface area contributed by atoms with Crippen molar-refractivity contribution in [1.29, 1.82) is 0 Å². The number of benzene rings is 1. The second kappa shape index (κ2) is 9.57. The number of carbonyl (C=O) groups excluding carboxylic acids is 2. The number of furan rings is 1. The lowest BCUT2D eigenvalue weighted by Gasteiger charge is -2.34. The lowest BCUT2D eigenvalue weighted by molar-refractivity contribution is -0.128. The van der Waals surface area contributed by atoms with Gasteiger partial charge in [0.2, 0.25) is 0 Å².